The van der Waals surface area contributed by atoms with Crippen molar-refractivity contribution in [3.8, 4) is 0 Å². The van der Waals surface area contributed by atoms with Crippen LogP contribution in [0.15, 0.2) is 24.4 Å². The van der Waals surface area contributed by atoms with E-state index in [-0.39, 0.29) is 32.4 Å². The Morgan fingerprint density at radius 1 is 1.24 bits per heavy atom. The monoisotopic (exact) mass is 598 g/mol. The second-order valence-corrected chi connectivity index (χ2v) is 10.9. The van der Waals surface area contributed by atoms with Crippen LogP contribution in [0.1, 0.15) is 55.5 Å². The highest BCUT2D eigenvalue weighted by molar-refractivity contribution is 5.90. The number of halogens is 4. The number of methoxy groups -OCH3 is 1. The van der Waals surface area contributed by atoms with Gasteiger partial charge in [-0.05, 0) is 75.6 Å². The molecular formula is C28H38F4N6O4. The number of amides is 1. The van der Waals surface area contributed by atoms with E-state index in [1.165, 1.54) is 12.7 Å². The van der Waals surface area contributed by atoms with E-state index in [4.69, 9.17) is 9.72 Å². The van der Waals surface area contributed by atoms with Gasteiger partial charge in [0.1, 0.15) is 29.8 Å². The van der Waals surface area contributed by atoms with E-state index >= 15 is 0 Å². The molecule has 0 saturated heterocycles. The van der Waals surface area contributed by atoms with Gasteiger partial charge in [-0.1, -0.05) is 6.07 Å². The van der Waals surface area contributed by atoms with Crippen LogP contribution in [0.25, 0.3) is 0 Å². The number of carboxylic acids is 1. The third-order valence-corrected chi connectivity index (χ3v) is 7.90. The highest BCUT2D eigenvalue weighted by Gasteiger charge is 2.56. The zero-order chi connectivity index (χ0) is 30.3. The molecule has 2 aliphatic rings. The quantitative estimate of drug-likeness (QED) is 0.199. The van der Waals surface area contributed by atoms with Crippen LogP contribution < -0.4 is 10.6 Å². The number of carbonyl (C=O) groups is 2. The number of nitrogens with one attached hydrogen (secondary N) is 2. The Balaban J connectivity index is 1.34. The molecule has 2 unspecified atom stereocenters. The molecule has 232 valence electrons. The molecule has 0 spiro atoms. The predicted octanol–water partition coefficient (Wildman–Crippen LogP) is 3.41. The van der Waals surface area contributed by atoms with Crippen LogP contribution in [0, 0.1) is 0 Å². The van der Waals surface area contributed by atoms with Crippen molar-refractivity contribution in [2.45, 2.75) is 75.2 Å². The van der Waals surface area contributed by atoms with E-state index in [0.717, 1.165) is 62.4 Å². The van der Waals surface area contributed by atoms with Crippen LogP contribution in [0.3, 0.4) is 0 Å². The molecule has 3 N–H and O–H groups in total. The molecule has 2 aromatic rings. The Morgan fingerprint density at radius 2 is 2.02 bits per heavy atom. The molecule has 1 fully saturated rings. The molecule has 42 heavy (non-hydrogen) atoms. The summed E-state index contributed by atoms with van der Waals surface area (Å²) in [4.78, 5) is 31.7. The lowest BCUT2D eigenvalue weighted by Crippen LogP contribution is -2.49. The van der Waals surface area contributed by atoms with Crippen LogP contribution in [0.4, 0.5) is 23.4 Å². The number of ether oxygens (including phenoxy) is 1. The van der Waals surface area contributed by atoms with Crippen molar-refractivity contribution in [3.05, 3.63) is 41.3 Å². The first-order valence-corrected chi connectivity index (χ1v) is 14.3. The number of aryl methyl sites for hydroxylation is 2. The maximum Gasteiger partial charge on any atom is 0.433 e. The Labute approximate surface area is 241 Å². The highest BCUT2D eigenvalue weighted by atomic mass is 19.4. The van der Waals surface area contributed by atoms with E-state index in [9.17, 15) is 32.3 Å². The summed E-state index contributed by atoms with van der Waals surface area (Å²) in [5, 5.41) is 19.3. The second-order valence-electron chi connectivity index (χ2n) is 10.9. The molecule has 1 amide bonds. The number of hydrogen-bond donors (Lipinski definition) is 3. The fraction of sp³-hybridized carbons (Fsp3) is 0.643. The summed E-state index contributed by atoms with van der Waals surface area (Å²) >= 11 is 0. The number of hydrogen-bond acceptors (Lipinski definition) is 7. The van der Waals surface area contributed by atoms with Crippen LogP contribution in [0.5, 0.6) is 0 Å². The molecule has 0 radical (unpaired) electrons. The molecule has 0 aromatic carbocycles. The minimum absolute atomic E-state index is 0.0246. The van der Waals surface area contributed by atoms with Gasteiger partial charge >= 0.3 is 12.1 Å². The Morgan fingerprint density at radius 3 is 2.69 bits per heavy atom. The maximum absolute atomic E-state index is 13.4. The van der Waals surface area contributed by atoms with Gasteiger partial charge in [0.25, 0.3) is 0 Å². The molecule has 3 heterocycles. The van der Waals surface area contributed by atoms with E-state index < -0.39 is 48.1 Å². The van der Waals surface area contributed by atoms with Crippen molar-refractivity contribution in [2.24, 2.45) is 0 Å². The average Bonchev–Trinajstić information content (AvgIpc) is 3.61. The highest BCUT2D eigenvalue weighted by Crippen LogP contribution is 2.46. The van der Waals surface area contributed by atoms with Crippen molar-refractivity contribution in [1.82, 2.24) is 25.0 Å². The molecule has 10 nitrogen and oxygen atoms in total. The molecule has 4 rings (SSSR count). The van der Waals surface area contributed by atoms with E-state index in [1.54, 1.807) is 0 Å². The van der Waals surface area contributed by atoms with Crippen molar-refractivity contribution in [1.29, 1.82) is 0 Å². The fourth-order valence-corrected chi connectivity index (χ4v) is 5.29. The first-order valence-electron chi connectivity index (χ1n) is 14.3. The van der Waals surface area contributed by atoms with Gasteiger partial charge in [0, 0.05) is 38.6 Å². The fourth-order valence-electron chi connectivity index (χ4n) is 5.29. The van der Waals surface area contributed by atoms with E-state index in [2.05, 4.69) is 21.8 Å². The molecule has 2 aromatic heterocycles. The van der Waals surface area contributed by atoms with Crippen molar-refractivity contribution < 1.29 is 37.0 Å². The number of anilines is 1. The number of rotatable bonds is 16. The number of nitrogens with zero attached hydrogens (tertiary/aromatic N) is 4. The molecule has 0 bridgehead atoms. The van der Waals surface area contributed by atoms with Crippen molar-refractivity contribution >= 4 is 17.7 Å². The molecular weight excluding hydrogens is 560 g/mol. The number of pyridine rings is 1. The second kappa shape index (κ2) is 13.8. The van der Waals surface area contributed by atoms with Crippen molar-refractivity contribution in [3.63, 3.8) is 0 Å². The van der Waals surface area contributed by atoms with Crippen LogP contribution in [-0.2, 0) is 38.9 Å². The Kier molecular flexibility index (Phi) is 10.4. The first kappa shape index (κ1) is 31.7. The number of carboxylic acid groups (broad SMARTS) is 1. The standard InChI is InChI=1S/C28H38F4N6O4/c1-42-21(17-29)18-37(15-3-2-6-20-8-7-19-5-4-13-33-24(19)35-20)16-10-22(25(39)40)36-26(41)27(11-12-27)38-23(9-14-34-38)28(30,31)32/h7-9,14,21-22H,2-6,10-13,15-18H2,1H3,(H,33,35)(H,36,41)(H,39,40). The Bertz CT molecular complexity index is 1220. The third kappa shape index (κ3) is 7.77. The van der Waals surface area contributed by atoms with Crippen LogP contribution >= 0.6 is 0 Å². The van der Waals surface area contributed by atoms with Gasteiger partial charge in [-0.3, -0.25) is 4.79 Å². The van der Waals surface area contributed by atoms with E-state index in [0.29, 0.717) is 11.2 Å². The minimum atomic E-state index is -4.71. The number of fused-ring (bicyclic) bond motifs is 1. The van der Waals surface area contributed by atoms with Crippen molar-refractivity contribution in [2.75, 3.05) is 45.3 Å². The molecule has 14 heteroatoms. The lowest BCUT2D eigenvalue weighted by Gasteiger charge is -2.28. The van der Waals surface area contributed by atoms with Gasteiger partial charge in [0.05, 0.1) is 6.10 Å². The zero-order valence-electron chi connectivity index (χ0n) is 23.6. The topological polar surface area (TPSA) is 122 Å². The summed E-state index contributed by atoms with van der Waals surface area (Å²) in [5.74, 6) is -1.19. The number of aromatic nitrogens is 3. The smallest absolute Gasteiger partial charge is 0.433 e. The van der Waals surface area contributed by atoms with E-state index in [1.807, 2.05) is 11.0 Å². The lowest BCUT2D eigenvalue weighted by atomic mass is 10.1. The first-order chi connectivity index (χ1) is 20.1. The summed E-state index contributed by atoms with van der Waals surface area (Å²) in [6.07, 6.45) is 0.158. The minimum Gasteiger partial charge on any atom is -0.480 e. The molecule has 1 aliphatic carbocycles. The largest absolute Gasteiger partial charge is 0.480 e. The summed E-state index contributed by atoms with van der Waals surface area (Å²) in [5.41, 5.74) is -0.447. The van der Waals surface area contributed by atoms with Gasteiger partial charge in [0.2, 0.25) is 5.91 Å². The van der Waals surface area contributed by atoms with Gasteiger partial charge in [-0.25, -0.2) is 18.9 Å². The predicted molar refractivity (Wildman–Crippen MR) is 146 cm³/mol. The summed E-state index contributed by atoms with van der Waals surface area (Å²) in [7, 11) is 1.40. The van der Waals surface area contributed by atoms with Gasteiger partial charge < -0.3 is 25.4 Å². The number of unbranched alkanes of at least 4 members (excludes halogenated alkanes) is 1. The zero-order valence-corrected chi connectivity index (χ0v) is 23.6. The summed E-state index contributed by atoms with van der Waals surface area (Å²) in [6, 6.07) is 3.57. The lowest BCUT2D eigenvalue weighted by molar-refractivity contribution is -0.148. The molecule has 1 aliphatic heterocycles. The third-order valence-electron chi connectivity index (χ3n) is 7.90. The molecule has 2 atom stereocenters. The number of aliphatic carboxylic acids is 1. The molecule has 1 saturated carbocycles. The van der Waals surface area contributed by atoms with Crippen LogP contribution in [0.2, 0.25) is 0 Å². The van der Waals surface area contributed by atoms with Gasteiger partial charge in [0.15, 0.2) is 0 Å². The summed E-state index contributed by atoms with van der Waals surface area (Å²) < 4.78 is 59.5. The SMILES string of the molecule is COC(CF)CN(CCCCc1ccc2c(n1)NCCC2)CCC(NC(=O)C1(n2nccc2C(F)(F)F)CC1)C(=O)O. The average molecular weight is 599 g/mol. The summed E-state index contributed by atoms with van der Waals surface area (Å²) in [6.45, 7) is 1.16. The van der Waals surface area contributed by atoms with Gasteiger partial charge in [-0.15, -0.1) is 0 Å². The van der Waals surface area contributed by atoms with Gasteiger partial charge in [-0.2, -0.15) is 18.3 Å². The normalized spacial score (nSPS) is 17.3. The van der Waals surface area contributed by atoms with Crippen LogP contribution in [-0.4, -0.2) is 88.8 Å². The number of carbonyl (C=O) groups excluding carboxylic acids is 1. The number of alkyl halides is 4. The maximum atomic E-state index is 13.4. The Hall–Kier alpha value is -3.26.